The summed E-state index contributed by atoms with van der Waals surface area (Å²) in [4.78, 5) is 12.3. The molecule has 0 aromatic heterocycles. The standard InChI is InChI=1S/C20H19N3O3S/c1-14(16-11-10-15-6-3-4-7-17(15)12-16)21-22-20(24)18-8-5-9-19(13-18)23-27(2,25)26/h3-13,23H,1-2H3,(H,22,24)/b21-14+. The molecule has 0 fully saturated rings. The molecule has 0 radical (unpaired) electrons. The number of nitrogens with one attached hydrogen (secondary N) is 2. The topological polar surface area (TPSA) is 87.6 Å². The summed E-state index contributed by atoms with van der Waals surface area (Å²) >= 11 is 0. The SMILES string of the molecule is C/C(=N\NC(=O)c1cccc(NS(C)(=O)=O)c1)c1ccc2ccccc2c1. The monoisotopic (exact) mass is 381 g/mol. The summed E-state index contributed by atoms with van der Waals surface area (Å²) in [6, 6.07) is 20.2. The highest BCUT2D eigenvalue weighted by molar-refractivity contribution is 7.92. The minimum atomic E-state index is -3.41. The molecule has 3 aromatic carbocycles. The van der Waals surface area contributed by atoms with Gasteiger partial charge in [0.05, 0.1) is 12.0 Å². The van der Waals surface area contributed by atoms with Gasteiger partial charge in [-0.3, -0.25) is 9.52 Å². The predicted octanol–water partition coefficient (Wildman–Crippen LogP) is 3.37. The minimum Gasteiger partial charge on any atom is -0.284 e. The molecule has 3 rings (SSSR count). The van der Waals surface area contributed by atoms with Gasteiger partial charge in [0.2, 0.25) is 10.0 Å². The van der Waals surface area contributed by atoms with E-state index in [0.29, 0.717) is 17.0 Å². The van der Waals surface area contributed by atoms with Crippen LogP contribution in [0, 0.1) is 0 Å². The molecule has 0 heterocycles. The number of carbonyl (C=O) groups is 1. The quantitative estimate of drug-likeness (QED) is 0.525. The maximum atomic E-state index is 12.3. The number of hydrazone groups is 1. The summed E-state index contributed by atoms with van der Waals surface area (Å²) in [5.74, 6) is -0.424. The molecule has 6 nitrogen and oxygen atoms in total. The summed E-state index contributed by atoms with van der Waals surface area (Å²) in [5.41, 5.74) is 4.70. The lowest BCUT2D eigenvalue weighted by molar-refractivity contribution is 0.0955. The zero-order valence-corrected chi connectivity index (χ0v) is 15.7. The fraction of sp³-hybridized carbons (Fsp3) is 0.100. The average molecular weight is 381 g/mol. The second kappa shape index (κ2) is 7.59. The highest BCUT2D eigenvalue weighted by atomic mass is 32.2. The van der Waals surface area contributed by atoms with Gasteiger partial charge in [-0.25, -0.2) is 13.8 Å². The molecule has 7 heteroatoms. The van der Waals surface area contributed by atoms with Crippen molar-refractivity contribution in [2.24, 2.45) is 5.10 Å². The first-order valence-corrected chi connectivity index (χ1v) is 10.1. The summed E-state index contributed by atoms with van der Waals surface area (Å²) < 4.78 is 25.0. The molecule has 0 unspecified atom stereocenters. The van der Waals surface area contributed by atoms with Crippen molar-refractivity contribution in [1.29, 1.82) is 0 Å². The first-order chi connectivity index (χ1) is 12.8. The molecule has 1 amide bonds. The molecule has 0 spiro atoms. The van der Waals surface area contributed by atoms with Gasteiger partial charge in [-0.1, -0.05) is 42.5 Å². The Labute approximate surface area is 158 Å². The number of carbonyl (C=O) groups excluding carboxylic acids is 1. The summed E-state index contributed by atoms with van der Waals surface area (Å²) in [6.45, 7) is 1.81. The summed E-state index contributed by atoms with van der Waals surface area (Å²) in [6.07, 6.45) is 1.05. The second-order valence-corrected chi connectivity index (χ2v) is 7.90. The van der Waals surface area contributed by atoms with Crippen molar-refractivity contribution in [1.82, 2.24) is 5.43 Å². The van der Waals surface area contributed by atoms with Crippen molar-refractivity contribution in [3.05, 3.63) is 77.9 Å². The Balaban J connectivity index is 1.76. The van der Waals surface area contributed by atoms with Crippen LogP contribution in [0.1, 0.15) is 22.8 Å². The number of hydrogen-bond donors (Lipinski definition) is 2. The number of fused-ring (bicyclic) bond motifs is 1. The number of hydrogen-bond acceptors (Lipinski definition) is 4. The largest absolute Gasteiger partial charge is 0.284 e. The third kappa shape index (κ3) is 4.92. The van der Waals surface area contributed by atoms with Gasteiger partial charge in [-0.05, 0) is 47.5 Å². The number of amides is 1. The maximum Gasteiger partial charge on any atom is 0.271 e. The molecule has 0 atom stereocenters. The molecular weight excluding hydrogens is 362 g/mol. The van der Waals surface area contributed by atoms with Gasteiger partial charge in [0.1, 0.15) is 0 Å². The van der Waals surface area contributed by atoms with E-state index >= 15 is 0 Å². The smallest absolute Gasteiger partial charge is 0.271 e. The third-order valence-electron chi connectivity index (χ3n) is 3.92. The van der Waals surface area contributed by atoms with E-state index in [-0.39, 0.29) is 0 Å². The highest BCUT2D eigenvalue weighted by Gasteiger charge is 2.08. The van der Waals surface area contributed by atoms with E-state index in [1.165, 1.54) is 6.07 Å². The molecule has 0 saturated carbocycles. The molecule has 0 bridgehead atoms. The van der Waals surface area contributed by atoms with Gasteiger partial charge in [0.25, 0.3) is 5.91 Å². The van der Waals surface area contributed by atoms with Gasteiger partial charge in [-0.15, -0.1) is 0 Å². The summed E-state index contributed by atoms with van der Waals surface area (Å²) in [5, 5.41) is 6.39. The molecule has 27 heavy (non-hydrogen) atoms. The van der Waals surface area contributed by atoms with Crippen LogP contribution in [0.25, 0.3) is 10.8 Å². The Hall–Kier alpha value is -3.19. The lowest BCUT2D eigenvalue weighted by Gasteiger charge is -2.07. The normalized spacial score (nSPS) is 12.0. The first-order valence-electron chi connectivity index (χ1n) is 8.23. The third-order valence-corrected chi connectivity index (χ3v) is 4.53. The first kappa shape index (κ1) is 18.6. The highest BCUT2D eigenvalue weighted by Crippen LogP contribution is 2.16. The lowest BCUT2D eigenvalue weighted by atomic mass is 10.0. The van der Waals surface area contributed by atoms with Crippen molar-refractivity contribution in [2.45, 2.75) is 6.92 Å². The Morgan fingerprint density at radius 2 is 1.63 bits per heavy atom. The number of benzene rings is 3. The fourth-order valence-corrected chi connectivity index (χ4v) is 3.17. The zero-order valence-electron chi connectivity index (χ0n) is 14.9. The minimum absolute atomic E-state index is 0.304. The Bertz CT molecular complexity index is 1140. The van der Waals surface area contributed by atoms with Crippen LogP contribution in [0.3, 0.4) is 0 Å². The Morgan fingerprint density at radius 3 is 2.37 bits per heavy atom. The van der Waals surface area contributed by atoms with Crippen molar-refractivity contribution < 1.29 is 13.2 Å². The van der Waals surface area contributed by atoms with Gasteiger partial charge < -0.3 is 0 Å². The molecule has 0 saturated heterocycles. The number of anilines is 1. The van der Waals surface area contributed by atoms with E-state index in [1.807, 2.05) is 49.4 Å². The fourth-order valence-electron chi connectivity index (χ4n) is 2.62. The molecular formula is C20H19N3O3S. The van der Waals surface area contributed by atoms with Crippen molar-refractivity contribution >= 4 is 38.1 Å². The van der Waals surface area contributed by atoms with Crippen LogP contribution in [-0.4, -0.2) is 26.3 Å². The molecule has 3 aromatic rings. The number of sulfonamides is 1. The Kier molecular flexibility index (Phi) is 5.23. The van der Waals surface area contributed by atoms with Gasteiger partial charge >= 0.3 is 0 Å². The van der Waals surface area contributed by atoms with Gasteiger partial charge in [0, 0.05) is 11.3 Å². The van der Waals surface area contributed by atoms with Gasteiger partial charge in [0.15, 0.2) is 0 Å². The van der Waals surface area contributed by atoms with E-state index in [0.717, 1.165) is 22.6 Å². The van der Waals surface area contributed by atoms with Crippen LogP contribution in [-0.2, 0) is 10.0 Å². The van der Waals surface area contributed by atoms with E-state index in [2.05, 4.69) is 15.2 Å². The van der Waals surface area contributed by atoms with Crippen molar-refractivity contribution in [3.8, 4) is 0 Å². The number of rotatable bonds is 5. The van der Waals surface area contributed by atoms with Crippen LogP contribution >= 0.6 is 0 Å². The van der Waals surface area contributed by atoms with Gasteiger partial charge in [-0.2, -0.15) is 5.10 Å². The van der Waals surface area contributed by atoms with Crippen LogP contribution in [0.4, 0.5) is 5.69 Å². The van der Waals surface area contributed by atoms with Crippen molar-refractivity contribution in [3.63, 3.8) is 0 Å². The van der Waals surface area contributed by atoms with Crippen LogP contribution in [0.2, 0.25) is 0 Å². The van der Waals surface area contributed by atoms with Crippen molar-refractivity contribution in [2.75, 3.05) is 11.0 Å². The van der Waals surface area contributed by atoms with E-state index < -0.39 is 15.9 Å². The average Bonchev–Trinajstić information content (AvgIpc) is 2.64. The molecule has 0 aliphatic carbocycles. The molecule has 138 valence electrons. The number of nitrogens with zero attached hydrogens (tertiary/aromatic N) is 1. The molecule has 0 aliphatic rings. The zero-order chi connectivity index (χ0) is 19.4. The Morgan fingerprint density at radius 1 is 0.889 bits per heavy atom. The maximum absolute atomic E-state index is 12.3. The van der Waals surface area contributed by atoms with Crippen LogP contribution in [0.5, 0.6) is 0 Å². The van der Waals surface area contributed by atoms with E-state index in [4.69, 9.17) is 0 Å². The molecule has 0 aliphatic heterocycles. The van der Waals surface area contributed by atoms with Crippen LogP contribution < -0.4 is 10.1 Å². The predicted molar refractivity (Wildman–Crippen MR) is 109 cm³/mol. The lowest BCUT2D eigenvalue weighted by Crippen LogP contribution is -2.19. The molecule has 2 N–H and O–H groups in total. The second-order valence-electron chi connectivity index (χ2n) is 6.16. The van der Waals surface area contributed by atoms with Crippen LogP contribution in [0.15, 0.2) is 71.8 Å². The van der Waals surface area contributed by atoms with E-state index in [9.17, 15) is 13.2 Å². The van der Waals surface area contributed by atoms with E-state index in [1.54, 1.807) is 18.2 Å². The summed E-state index contributed by atoms with van der Waals surface area (Å²) in [7, 11) is -3.41.